The molecule has 0 unspecified atom stereocenters. The van der Waals surface area contributed by atoms with Crippen LogP contribution in [0.15, 0.2) is 84.0 Å². The van der Waals surface area contributed by atoms with E-state index in [9.17, 15) is 0 Å². The van der Waals surface area contributed by atoms with Crippen LogP contribution in [0, 0.1) is 13.8 Å². The van der Waals surface area contributed by atoms with E-state index in [1.54, 1.807) is 0 Å². The van der Waals surface area contributed by atoms with E-state index < -0.39 is 0 Å². The number of hydrogen-bond donors (Lipinski definition) is 1. The molecule has 2 heterocycles. The normalized spacial score (nSPS) is 11.9. The number of aryl methyl sites for hydroxylation is 2. The number of hydrogen-bond acceptors (Lipinski definition) is 4. The number of anilines is 1. The Labute approximate surface area is 185 Å². The molecule has 0 spiro atoms. The third kappa shape index (κ3) is 2.98. The van der Waals surface area contributed by atoms with Crippen LogP contribution in [0.2, 0.25) is 0 Å². The molecule has 0 aliphatic rings. The van der Waals surface area contributed by atoms with Crippen molar-refractivity contribution in [2.24, 2.45) is 5.10 Å². The van der Waals surface area contributed by atoms with E-state index in [1.165, 1.54) is 32.3 Å². The largest absolute Gasteiger partial charge is 0.261 e. The molecular formula is C27H21N5. The SMILES string of the molecule is Cc1cc(C)n(-c2cccc(NN=Cc3ccc4ccc5cccc6ccc3c4c56)n2)n1. The van der Waals surface area contributed by atoms with Gasteiger partial charge in [-0.1, -0.05) is 60.7 Å². The first-order valence-electron chi connectivity index (χ1n) is 10.6. The van der Waals surface area contributed by atoms with Crippen molar-refractivity contribution in [1.29, 1.82) is 0 Å². The van der Waals surface area contributed by atoms with Crippen LogP contribution in [0.3, 0.4) is 0 Å². The molecule has 5 nitrogen and oxygen atoms in total. The van der Waals surface area contributed by atoms with Gasteiger partial charge in [-0.2, -0.15) is 10.2 Å². The van der Waals surface area contributed by atoms with Crippen LogP contribution in [-0.2, 0) is 0 Å². The molecule has 32 heavy (non-hydrogen) atoms. The van der Waals surface area contributed by atoms with Gasteiger partial charge in [0.05, 0.1) is 11.9 Å². The number of nitrogens with zero attached hydrogens (tertiary/aromatic N) is 4. The Morgan fingerprint density at radius 2 is 1.53 bits per heavy atom. The standard InChI is InChI=1S/C27H21N5/c1-17-15-18(2)32(31-17)25-8-4-7-24(29-25)30-28-16-22-12-11-21-10-9-19-5-3-6-20-13-14-23(22)27(21)26(19)20/h3-16H,1-2H3,(H,29,30). The summed E-state index contributed by atoms with van der Waals surface area (Å²) in [6, 6.07) is 27.3. The summed E-state index contributed by atoms with van der Waals surface area (Å²) in [5.41, 5.74) is 6.16. The van der Waals surface area contributed by atoms with E-state index in [1.807, 2.05) is 49.0 Å². The smallest absolute Gasteiger partial charge is 0.156 e. The van der Waals surface area contributed by atoms with Crippen molar-refractivity contribution in [3.63, 3.8) is 0 Å². The minimum absolute atomic E-state index is 0.670. The fourth-order valence-corrected chi connectivity index (χ4v) is 4.50. The Bertz CT molecular complexity index is 1610. The average molecular weight is 416 g/mol. The molecule has 1 N–H and O–H groups in total. The van der Waals surface area contributed by atoms with Crippen molar-refractivity contribution < 1.29 is 0 Å². The predicted octanol–water partition coefficient (Wildman–Crippen LogP) is 6.23. The topological polar surface area (TPSA) is 55.1 Å². The molecule has 2 aromatic heterocycles. The first-order chi connectivity index (χ1) is 15.7. The van der Waals surface area contributed by atoms with E-state index in [0.717, 1.165) is 22.8 Å². The molecule has 0 saturated carbocycles. The second-order valence-corrected chi connectivity index (χ2v) is 8.10. The van der Waals surface area contributed by atoms with Crippen LogP contribution in [0.4, 0.5) is 5.82 Å². The van der Waals surface area contributed by atoms with E-state index in [2.05, 4.69) is 75.2 Å². The van der Waals surface area contributed by atoms with Gasteiger partial charge in [0, 0.05) is 11.3 Å². The molecule has 0 atom stereocenters. The Balaban J connectivity index is 1.36. The molecule has 0 fully saturated rings. The molecule has 0 radical (unpaired) electrons. The highest BCUT2D eigenvalue weighted by Gasteiger charge is 2.10. The third-order valence-corrected chi connectivity index (χ3v) is 5.91. The number of aromatic nitrogens is 3. The Morgan fingerprint density at radius 1 is 0.812 bits per heavy atom. The van der Waals surface area contributed by atoms with E-state index in [4.69, 9.17) is 0 Å². The minimum atomic E-state index is 0.670. The van der Waals surface area contributed by atoms with Crippen molar-refractivity contribution >= 4 is 44.3 Å². The average Bonchev–Trinajstić information content (AvgIpc) is 3.16. The van der Waals surface area contributed by atoms with Crippen molar-refractivity contribution in [3.05, 3.63) is 95.8 Å². The highest BCUT2D eigenvalue weighted by Crippen LogP contribution is 2.35. The lowest BCUT2D eigenvalue weighted by atomic mass is 9.92. The van der Waals surface area contributed by atoms with Gasteiger partial charge in [0.2, 0.25) is 0 Å². The molecule has 0 aliphatic carbocycles. The van der Waals surface area contributed by atoms with Crippen LogP contribution in [0.25, 0.3) is 38.1 Å². The lowest BCUT2D eigenvalue weighted by Crippen LogP contribution is -2.03. The maximum absolute atomic E-state index is 4.65. The van der Waals surface area contributed by atoms with Gasteiger partial charge >= 0.3 is 0 Å². The van der Waals surface area contributed by atoms with Gasteiger partial charge in [-0.3, -0.25) is 5.43 Å². The number of pyridine rings is 1. The number of rotatable bonds is 4. The zero-order valence-corrected chi connectivity index (χ0v) is 17.9. The van der Waals surface area contributed by atoms with Gasteiger partial charge < -0.3 is 0 Å². The summed E-state index contributed by atoms with van der Waals surface area (Å²) in [7, 11) is 0. The van der Waals surface area contributed by atoms with E-state index in [-0.39, 0.29) is 0 Å². The fourth-order valence-electron chi connectivity index (χ4n) is 4.50. The molecular weight excluding hydrogens is 394 g/mol. The number of benzene rings is 4. The van der Waals surface area contributed by atoms with Crippen LogP contribution in [0.5, 0.6) is 0 Å². The number of nitrogens with one attached hydrogen (secondary N) is 1. The lowest BCUT2D eigenvalue weighted by Gasteiger charge is -2.12. The monoisotopic (exact) mass is 415 g/mol. The molecule has 0 amide bonds. The van der Waals surface area contributed by atoms with Gasteiger partial charge in [0.1, 0.15) is 5.82 Å². The second kappa shape index (κ2) is 7.17. The minimum Gasteiger partial charge on any atom is -0.261 e. The molecule has 6 aromatic rings. The van der Waals surface area contributed by atoms with Crippen LogP contribution >= 0.6 is 0 Å². The molecule has 0 bridgehead atoms. The summed E-state index contributed by atoms with van der Waals surface area (Å²) in [4.78, 5) is 4.65. The van der Waals surface area contributed by atoms with Crippen molar-refractivity contribution in [2.45, 2.75) is 13.8 Å². The summed E-state index contributed by atoms with van der Waals surface area (Å²) >= 11 is 0. The molecule has 0 aliphatic heterocycles. The van der Waals surface area contributed by atoms with Crippen molar-refractivity contribution in [3.8, 4) is 5.82 Å². The quantitative estimate of drug-likeness (QED) is 0.211. The molecule has 154 valence electrons. The number of hydrazone groups is 1. The Kier molecular flexibility index (Phi) is 4.15. The highest BCUT2D eigenvalue weighted by molar-refractivity contribution is 6.25. The zero-order chi connectivity index (χ0) is 21.7. The Morgan fingerprint density at radius 3 is 2.31 bits per heavy atom. The fraction of sp³-hybridized carbons (Fsp3) is 0.0741. The maximum atomic E-state index is 4.65. The summed E-state index contributed by atoms with van der Waals surface area (Å²) < 4.78 is 1.84. The van der Waals surface area contributed by atoms with Crippen molar-refractivity contribution in [2.75, 3.05) is 5.43 Å². The highest BCUT2D eigenvalue weighted by atomic mass is 15.4. The zero-order valence-electron chi connectivity index (χ0n) is 17.9. The van der Waals surface area contributed by atoms with Gasteiger partial charge in [-0.05, 0) is 64.4 Å². The van der Waals surface area contributed by atoms with Crippen LogP contribution in [0.1, 0.15) is 17.0 Å². The van der Waals surface area contributed by atoms with Crippen LogP contribution in [-0.4, -0.2) is 21.0 Å². The summed E-state index contributed by atoms with van der Waals surface area (Å²) in [5, 5.41) is 16.6. The summed E-state index contributed by atoms with van der Waals surface area (Å²) in [6.07, 6.45) is 1.86. The van der Waals surface area contributed by atoms with Crippen LogP contribution < -0.4 is 5.43 Å². The molecule has 4 aromatic carbocycles. The maximum Gasteiger partial charge on any atom is 0.156 e. The first-order valence-corrected chi connectivity index (χ1v) is 10.6. The van der Waals surface area contributed by atoms with Gasteiger partial charge in [0.25, 0.3) is 0 Å². The van der Waals surface area contributed by atoms with E-state index in [0.29, 0.717) is 5.82 Å². The third-order valence-electron chi connectivity index (χ3n) is 5.91. The van der Waals surface area contributed by atoms with E-state index >= 15 is 0 Å². The summed E-state index contributed by atoms with van der Waals surface area (Å²) in [6.45, 7) is 4.00. The first kappa shape index (κ1) is 18.5. The molecule has 5 heteroatoms. The molecule has 0 saturated heterocycles. The van der Waals surface area contributed by atoms with Crippen molar-refractivity contribution in [1.82, 2.24) is 14.8 Å². The molecule has 6 rings (SSSR count). The second-order valence-electron chi connectivity index (χ2n) is 8.10. The van der Waals surface area contributed by atoms with Gasteiger partial charge in [0.15, 0.2) is 5.82 Å². The predicted molar refractivity (Wildman–Crippen MR) is 132 cm³/mol. The summed E-state index contributed by atoms with van der Waals surface area (Å²) in [5.74, 6) is 1.43. The van der Waals surface area contributed by atoms with Gasteiger partial charge in [-0.15, -0.1) is 0 Å². The lowest BCUT2D eigenvalue weighted by molar-refractivity contribution is 0.806. The van der Waals surface area contributed by atoms with Gasteiger partial charge in [-0.25, -0.2) is 9.67 Å². The Hall–Kier alpha value is -4.25.